The molecule has 8 nitrogen and oxygen atoms in total. The standard InChI is InChI=1S/C24H31FN4O4/c1-24(22(31)29(23(32)26-24)12-11-27-13-15-33-16-14-27)19-7-9-28(10-8-19)21(30)20(25)17-18-5-3-2-4-6-18/h2-6,17,19H,7-16H2,1H3,(H,26,32)/b20-17-. The lowest BCUT2D eigenvalue weighted by Crippen LogP contribution is -2.54. The number of carbonyl (C=O) groups is 3. The predicted octanol–water partition coefficient (Wildman–Crippen LogP) is 1.88. The maximum atomic E-state index is 14.5. The zero-order valence-corrected chi connectivity index (χ0v) is 19.0. The zero-order chi connectivity index (χ0) is 23.4. The van der Waals surface area contributed by atoms with Gasteiger partial charge >= 0.3 is 6.03 Å². The third-order valence-corrected chi connectivity index (χ3v) is 6.94. The predicted molar refractivity (Wildman–Crippen MR) is 121 cm³/mol. The van der Waals surface area contributed by atoms with Crippen LogP contribution in [-0.2, 0) is 14.3 Å². The fourth-order valence-corrected chi connectivity index (χ4v) is 4.83. The molecule has 1 N–H and O–H groups in total. The molecular formula is C24H31FN4O4. The van der Waals surface area contributed by atoms with E-state index in [1.165, 1.54) is 15.9 Å². The van der Waals surface area contributed by atoms with E-state index in [0.717, 1.165) is 13.1 Å². The Morgan fingerprint density at radius 1 is 1.12 bits per heavy atom. The van der Waals surface area contributed by atoms with Crippen LogP contribution in [0.15, 0.2) is 36.2 Å². The number of halogens is 1. The average Bonchev–Trinajstić information content (AvgIpc) is 3.07. The minimum Gasteiger partial charge on any atom is -0.379 e. The van der Waals surface area contributed by atoms with Crippen molar-refractivity contribution in [2.75, 3.05) is 52.5 Å². The van der Waals surface area contributed by atoms with Crippen LogP contribution in [0.3, 0.4) is 0 Å². The maximum Gasteiger partial charge on any atom is 0.325 e. The molecule has 9 heteroatoms. The largest absolute Gasteiger partial charge is 0.379 e. The summed E-state index contributed by atoms with van der Waals surface area (Å²) in [5, 5.41) is 2.89. The molecule has 0 bridgehead atoms. The van der Waals surface area contributed by atoms with Gasteiger partial charge in [0.2, 0.25) is 0 Å². The highest BCUT2D eigenvalue weighted by molar-refractivity contribution is 6.07. The van der Waals surface area contributed by atoms with Gasteiger partial charge in [0.1, 0.15) is 5.54 Å². The van der Waals surface area contributed by atoms with Crippen molar-refractivity contribution in [2.24, 2.45) is 5.92 Å². The van der Waals surface area contributed by atoms with Crippen molar-refractivity contribution >= 4 is 23.9 Å². The van der Waals surface area contributed by atoms with E-state index in [4.69, 9.17) is 4.74 Å². The lowest BCUT2D eigenvalue weighted by Gasteiger charge is -2.38. The van der Waals surface area contributed by atoms with Crippen LogP contribution < -0.4 is 5.32 Å². The minimum absolute atomic E-state index is 0.118. The van der Waals surface area contributed by atoms with E-state index in [1.54, 1.807) is 31.2 Å². The Bertz CT molecular complexity index is 910. The maximum absolute atomic E-state index is 14.5. The van der Waals surface area contributed by atoms with Gasteiger partial charge in [0.05, 0.1) is 13.2 Å². The summed E-state index contributed by atoms with van der Waals surface area (Å²) < 4.78 is 19.8. The molecule has 1 aromatic rings. The minimum atomic E-state index is -1.00. The van der Waals surface area contributed by atoms with Crippen LogP contribution in [0.5, 0.6) is 0 Å². The van der Waals surface area contributed by atoms with Gasteiger partial charge in [-0.2, -0.15) is 0 Å². The van der Waals surface area contributed by atoms with Gasteiger partial charge in [-0.1, -0.05) is 30.3 Å². The summed E-state index contributed by atoms with van der Waals surface area (Å²) in [6.45, 7) is 6.32. The molecule has 1 aromatic carbocycles. The normalized spacial score (nSPS) is 25.5. The second-order valence-electron chi connectivity index (χ2n) is 9.01. The zero-order valence-electron chi connectivity index (χ0n) is 19.0. The van der Waals surface area contributed by atoms with Gasteiger partial charge in [0, 0.05) is 39.3 Å². The molecule has 178 valence electrons. The fraction of sp³-hybridized carbons (Fsp3) is 0.542. The van der Waals surface area contributed by atoms with Gasteiger partial charge in [-0.05, 0) is 37.3 Å². The van der Waals surface area contributed by atoms with Crippen molar-refractivity contribution in [1.29, 1.82) is 0 Å². The Kier molecular flexibility index (Phi) is 7.09. The summed E-state index contributed by atoms with van der Waals surface area (Å²) in [5.41, 5.74) is -0.377. The molecule has 3 aliphatic rings. The van der Waals surface area contributed by atoms with Crippen molar-refractivity contribution in [3.63, 3.8) is 0 Å². The Labute approximate surface area is 193 Å². The number of morpholine rings is 1. The van der Waals surface area contributed by atoms with Crippen molar-refractivity contribution in [1.82, 2.24) is 20.0 Å². The third-order valence-electron chi connectivity index (χ3n) is 6.94. The molecule has 4 rings (SSSR count). The lowest BCUT2D eigenvalue weighted by atomic mass is 9.79. The molecule has 33 heavy (non-hydrogen) atoms. The summed E-state index contributed by atoms with van der Waals surface area (Å²) in [6, 6.07) is 8.50. The first-order valence-corrected chi connectivity index (χ1v) is 11.5. The molecule has 0 aliphatic carbocycles. The van der Waals surface area contributed by atoms with E-state index in [9.17, 15) is 18.8 Å². The second-order valence-corrected chi connectivity index (χ2v) is 9.01. The SMILES string of the molecule is CC1(C2CCN(C(=O)/C(F)=C/c3ccccc3)CC2)NC(=O)N(CCN2CCOCC2)C1=O. The highest BCUT2D eigenvalue weighted by atomic mass is 19.1. The number of amides is 4. The Morgan fingerprint density at radius 3 is 2.45 bits per heavy atom. The van der Waals surface area contributed by atoms with Crippen LogP contribution in [0, 0.1) is 5.92 Å². The number of benzene rings is 1. The third kappa shape index (κ3) is 5.09. The van der Waals surface area contributed by atoms with Crippen molar-refractivity contribution in [3.8, 4) is 0 Å². The van der Waals surface area contributed by atoms with Crippen LogP contribution in [-0.4, -0.2) is 90.6 Å². The molecule has 0 spiro atoms. The molecule has 3 saturated heterocycles. The van der Waals surface area contributed by atoms with Crippen LogP contribution >= 0.6 is 0 Å². The summed E-state index contributed by atoms with van der Waals surface area (Å²) >= 11 is 0. The van der Waals surface area contributed by atoms with Gasteiger partial charge in [-0.25, -0.2) is 9.18 Å². The molecule has 0 saturated carbocycles. The fourth-order valence-electron chi connectivity index (χ4n) is 4.83. The van der Waals surface area contributed by atoms with E-state index in [2.05, 4.69) is 10.2 Å². The highest BCUT2D eigenvalue weighted by Crippen LogP contribution is 2.34. The van der Waals surface area contributed by atoms with E-state index in [-0.39, 0.29) is 17.9 Å². The molecule has 3 fully saturated rings. The Hall–Kier alpha value is -2.78. The van der Waals surface area contributed by atoms with Gasteiger partial charge in [0.25, 0.3) is 11.8 Å². The number of piperidine rings is 1. The number of imide groups is 1. The van der Waals surface area contributed by atoms with Crippen molar-refractivity contribution in [2.45, 2.75) is 25.3 Å². The van der Waals surface area contributed by atoms with Gasteiger partial charge in [0.15, 0.2) is 5.83 Å². The number of ether oxygens (including phenoxy) is 1. The monoisotopic (exact) mass is 458 g/mol. The average molecular weight is 459 g/mol. The first-order valence-electron chi connectivity index (χ1n) is 11.5. The molecule has 0 radical (unpaired) electrons. The second kappa shape index (κ2) is 10.0. The number of hydrogen-bond acceptors (Lipinski definition) is 5. The summed E-state index contributed by atoms with van der Waals surface area (Å²) in [6.07, 6.45) is 2.27. The molecule has 4 amide bonds. The number of carbonyl (C=O) groups excluding carboxylic acids is 3. The number of nitrogens with zero attached hydrogens (tertiary/aromatic N) is 3. The molecule has 1 atom stereocenters. The van der Waals surface area contributed by atoms with Gasteiger partial charge in [-0.15, -0.1) is 0 Å². The number of likely N-dealkylation sites (tertiary alicyclic amines) is 1. The van der Waals surface area contributed by atoms with Crippen LogP contribution in [0.1, 0.15) is 25.3 Å². The Balaban J connectivity index is 1.33. The summed E-state index contributed by atoms with van der Waals surface area (Å²) in [5.74, 6) is -1.78. The van der Waals surface area contributed by atoms with Gasteiger partial charge in [-0.3, -0.25) is 19.4 Å². The molecule has 3 aliphatic heterocycles. The van der Waals surface area contributed by atoms with E-state index < -0.39 is 17.3 Å². The quantitative estimate of drug-likeness (QED) is 0.520. The van der Waals surface area contributed by atoms with E-state index >= 15 is 0 Å². The summed E-state index contributed by atoms with van der Waals surface area (Å²) in [7, 11) is 0. The highest BCUT2D eigenvalue weighted by Gasteiger charge is 2.52. The Morgan fingerprint density at radius 2 is 1.79 bits per heavy atom. The van der Waals surface area contributed by atoms with Crippen LogP contribution in [0.2, 0.25) is 0 Å². The lowest BCUT2D eigenvalue weighted by molar-refractivity contribution is -0.134. The number of rotatable bonds is 6. The smallest absolute Gasteiger partial charge is 0.325 e. The molecule has 0 aromatic heterocycles. The van der Waals surface area contributed by atoms with Gasteiger partial charge < -0.3 is 15.0 Å². The van der Waals surface area contributed by atoms with E-state index in [1.807, 2.05) is 6.07 Å². The van der Waals surface area contributed by atoms with Crippen molar-refractivity contribution < 1.29 is 23.5 Å². The topological polar surface area (TPSA) is 82.2 Å². The van der Waals surface area contributed by atoms with Crippen LogP contribution in [0.25, 0.3) is 6.08 Å². The molecule has 1 unspecified atom stereocenters. The summed E-state index contributed by atoms with van der Waals surface area (Å²) in [4.78, 5) is 43.3. The molecule has 3 heterocycles. The van der Waals surface area contributed by atoms with E-state index in [0.29, 0.717) is 57.8 Å². The number of nitrogens with one attached hydrogen (secondary N) is 1. The van der Waals surface area contributed by atoms with Crippen LogP contribution in [0.4, 0.5) is 9.18 Å². The van der Waals surface area contributed by atoms with Crippen molar-refractivity contribution in [3.05, 3.63) is 41.7 Å². The molecular weight excluding hydrogens is 427 g/mol. The number of hydrogen-bond donors (Lipinski definition) is 1. The first kappa shape index (κ1) is 23.4. The number of urea groups is 1. The first-order chi connectivity index (χ1) is 15.9.